The molecule has 1 aromatic heterocycles. The summed E-state index contributed by atoms with van der Waals surface area (Å²) >= 11 is 7.68. The van der Waals surface area contributed by atoms with Gasteiger partial charge in [0.1, 0.15) is 6.33 Å². The molecule has 26 heavy (non-hydrogen) atoms. The highest BCUT2D eigenvalue weighted by Crippen LogP contribution is 2.28. The Morgan fingerprint density at radius 2 is 2.08 bits per heavy atom. The molecule has 1 amide bonds. The average molecular weight is 393 g/mol. The summed E-state index contributed by atoms with van der Waals surface area (Å²) in [5, 5.41) is 9.41. The third kappa shape index (κ3) is 4.23. The Labute approximate surface area is 164 Å². The minimum atomic E-state index is -0.217. The van der Waals surface area contributed by atoms with Gasteiger partial charge in [0.25, 0.3) is 0 Å². The first-order valence-corrected chi connectivity index (χ1v) is 10.3. The molecule has 5 nitrogen and oxygen atoms in total. The van der Waals surface area contributed by atoms with E-state index in [1.165, 1.54) is 31.0 Å². The predicted octanol–water partition coefficient (Wildman–Crippen LogP) is 4.50. The minimum absolute atomic E-state index is 0.151. The Kier molecular flexibility index (Phi) is 6.24. The van der Waals surface area contributed by atoms with Crippen molar-refractivity contribution in [3.8, 4) is 5.69 Å². The van der Waals surface area contributed by atoms with Gasteiger partial charge in [0.15, 0.2) is 5.16 Å². The quantitative estimate of drug-likeness (QED) is 0.703. The summed E-state index contributed by atoms with van der Waals surface area (Å²) in [6.45, 7) is 3.91. The number of nitrogens with zero attached hydrogens (tertiary/aromatic N) is 4. The van der Waals surface area contributed by atoms with Crippen LogP contribution in [0.2, 0.25) is 5.02 Å². The maximum Gasteiger partial charge on any atom is 0.235 e. The number of aromatic nitrogens is 3. The first-order valence-electron chi connectivity index (χ1n) is 9.07. The molecule has 2 aromatic rings. The number of hydrogen-bond acceptors (Lipinski definition) is 4. The second-order valence-electron chi connectivity index (χ2n) is 6.92. The standard InChI is InChI=1S/C19H25ClN4OS/c1-13-9-10-16(11-17(13)20)24-12-21-22-19(24)26-14(2)18(25)23(3)15-7-5-4-6-8-15/h9-12,14-15H,4-8H2,1-3H3. The number of aryl methyl sites for hydroxylation is 1. The summed E-state index contributed by atoms with van der Waals surface area (Å²) in [6, 6.07) is 6.21. The van der Waals surface area contributed by atoms with Crippen LogP contribution in [0.3, 0.4) is 0 Å². The van der Waals surface area contributed by atoms with Crippen LogP contribution < -0.4 is 0 Å². The van der Waals surface area contributed by atoms with Crippen molar-refractivity contribution in [1.82, 2.24) is 19.7 Å². The molecule has 0 saturated heterocycles. The molecule has 0 bridgehead atoms. The number of thioether (sulfide) groups is 1. The Morgan fingerprint density at radius 3 is 2.77 bits per heavy atom. The molecule has 1 unspecified atom stereocenters. The Morgan fingerprint density at radius 1 is 1.35 bits per heavy atom. The molecular formula is C19H25ClN4OS. The van der Waals surface area contributed by atoms with Crippen molar-refractivity contribution >= 4 is 29.3 Å². The van der Waals surface area contributed by atoms with E-state index < -0.39 is 0 Å². The van der Waals surface area contributed by atoms with Gasteiger partial charge in [-0.3, -0.25) is 9.36 Å². The Hall–Kier alpha value is -1.53. The molecule has 140 valence electrons. The lowest BCUT2D eigenvalue weighted by Crippen LogP contribution is -2.42. The maximum absolute atomic E-state index is 12.8. The number of carbonyl (C=O) groups excluding carboxylic acids is 1. The van der Waals surface area contributed by atoms with E-state index in [1.807, 2.05) is 48.6 Å². The van der Waals surface area contributed by atoms with Crippen LogP contribution in [0.1, 0.15) is 44.6 Å². The van der Waals surface area contributed by atoms with E-state index >= 15 is 0 Å². The molecule has 1 aliphatic carbocycles. The highest BCUT2D eigenvalue weighted by atomic mass is 35.5. The van der Waals surface area contributed by atoms with Gasteiger partial charge in [0, 0.05) is 18.1 Å². The van der Waals surface area contributed by atoms with E-state index in [1.54, 1.807) is 6.33 Å². The Balaban J connectivity index is 1.71. The zero-order chi connectivity index (χ0) is 18.7. The van der Waals surface area contributed by atoms with E-state index in [4.69, 9.17) is 11.6 Å². The third-order valence-electron chi connectivity index (χ3n) is 5.05. The van der Waals surface area contributed by atoms with Gasteiger partial charge in [-0.05, 0) is 44.4 Å². The largest absolute Gasteiger partial charge is 0.342 e. The molecule has 0 aliphatic heterocycles. The van der Waals surface area contributed by atoms with Gasteiger partial charge >= 0.3 is 0 Å². The summed E-state index contributed by atoms with van der Waals surface area (Å²) in [6.07, 6.45) is 7.59. The van der Waals surface area contributed by atoms with Crippen LogP contribution in [0.5, 0.6) is 0 Å². The van der Waals surface area contributed by atoms with Crippen LogP contribution in [-0.4, -0.2) is 43.9 Å². The molecule has 7 heteroatoms. The van der Waals surface area contributed by atoms with Gasteiger partial charge in [-0.15, -0.1) is 10.2 Å². The summed E-state index contributed by atoms with van der Waals surface area (Å²) in [5.74, 6) is 0.151. The Bertz CT molecular complexity index is 773. The van der Waals surface area contributed by atoms with Crippen LogP contribution in [0.25, 0.3) is 5.69 Å². The molecule has 0 radical (unpaired) electrons. The normalized spacial score (nSPS) is 16.5. The SMILES string of the molecule is Cc1ccc(-n2cnnc2SC(C)C(=O)N(C)C2CCCCC2)cc1Cl. The molecule has 1 heterocycles. The van der Waals surface area contributed by atoms with Crippen LogP contribution in [0, 0.1) is 6.92 Å². The van der Waals surface area contributed by atoms with Crippen LogP contribution in [-0.2, 0) is 4.79 Å². The number of carbonyl (C=O) groups is 1. The molecule has 1 saturated carbocycles. The van der Waals surface area contributed by atoms with Crippen molar-refractivity contribution in [2.45, 2.75) is 62.4 Å². The van der Waals surface area contributed by atoms with Crippen molar-refractivity contribution < 1.29 is 4.79 Å². The molecule has 3 rings (SSSR count). The average Bonchev–Trinajstić information content (AvgIpc) is 3.11. The van der Waals surface area contributed by atoms with Crippen molar-refractivity contribution in [3.05, 3.63) is 35.1 Å². The minimum Gasteiger partial charge on any atom is -0.342 e. The van der Waals surface area contributed by atoms with Gasteiger partial charge in [-0.1, -0.05) is 48.7 Å². The molecule has 1 aliphatic rings. The summed E-state index contributed by atoms with van der Waals surface area (Å²) in [4.78, 5) is 14.8. The lowest BCUT2D eigenvalue weighted by atomic mass is 9.94. The molecule has 1 fully saturated rings. The summed E-state index contributed by atoms with van der Waals surface area (Å²) in [5.41, 5.74) is 1.92. The summed E-state index contributed by atoms with van der Waals surface area (Å²) in [7, 11) is 1.93. The van der Waals surface area contributed by atoms with E-state index in [-0.39, 0.29) is 11.2 Å². The first kappa shape index (κ1) is 19.2. The highest BCUT2D eigenvalue weighted by Gasteiger charge is 2.27. The number of rotatable bonds is 5. The monoisotopic (exact) mass is 392 g/mol. The second-order valence-corrected chi connectivity index (χ2v) is 8.63. The number of halogens is 1. The molecule has 0 N–H and O–H groups in total. The fourth-order valence-corrected chi connectivity index (χ4v) is 4.48. The van der Waals surface area contributed by atoms with Gasteiger partial charge in [0.2, 0.25) is 5.91 Å². The second kappa shape index (κ2) is 8.44. The van der Waals surface area contributed by atoms with E-state index in [9.17, 15) is 4.79 Å². The van der Waals surface area contributed by atoms with Gasteiger partial charge in [0.05, 0.1) is 10.9 Å². The van der Waals surface area contributed by atoms with E-state index in [0.29, 0.717) is 16.2 Å². The zero-order valence-corrected chi connectivity index (χ0v) is 17.1. The maximum atomic E-state index is 12.8. The van der Waals surface area contributed by atoms with Crippen molar-refractivity contribution in [2.75, 3.05) is 7.05 Å². The summed E-state index contributed by atoms with van der Waals surface area (Å²) < 4.78 is 1.88. The van der Waals surface area contributed by atoms with Gasteiger partial charge < -0.3 is 4.90 Å². The fourth-order valence-electron chi connectivity index (χ4n) is 3.36. The molecular weight excluding hydrogens is 368 g/mol. The fraction of sp³-hybridized carbons (Fsp3) is 0.526. The van der Waals surface area contributed by atoms with Crippen LogP contribution >= 0.6 is 23.4 Å². The van der Waals surface area contributed by atoms with Crippen molar-refractivity contribution in [3.63, 3.8) is 0 Å². The third-order valence-corrected chi connectivity index (χ3v) is 6.50. The van der Waals surface area contributed by atoms with Gasteiger partial charge in [-0.2, -0.15) is 0 Å². The van der Waals surface area contributed by atoms with Gasteiger partial charge in [-0.25, -0.2) is 0 Å². The molecule has 1 aromatic carbocycles. The number of amides is 1. The smallest absolute Gasteiger partial charge is 0.235 e. The van der Waals surface area contributed by atoms with E-state index in [2.05, 4.69) is 10.2 Å². The highest BCUT2D eigenvalue weighted by molar-refractivity contribution is 8.00. The lowest BCUT2D eigenvalue weighted by molar-refractivity contribution is -0.131. The van der Waals surface area contributed by atoms with E-state index in [0.717, 1.165) is 24.1 Å². The van der Waals surface area contributed by atoms with Crippen LogP contribution in [0.15, 0.2) is 29.7 Å². The zero-order valence-electron chi connectivity index (χ0n) is 15.5. The topological polar surface area (TPSA) is 51.0 Å². The first-order chi connectivity index (χ1) is 12.5. The van der Waals surface area contributed by atoms with Crippen molar-refractivity contribution in [2.24, 2.45) is 0 Å². The number of benzene rings is 1. The molecule has 0 spiro atoms. The molecule has 1 atom stereocenters. The van der Waals surface area contributed by atoms with Crippen LogP contribution in [0.4, 0.5) is 0 Å². The van der Waals surface area contributed by atoms with Crippen molar-refractivity contribution in [1.29, 1.82) is 0 Å². The predicted molar refractivity (Wildman–Crippen MR) is 106 cm³/mol. The lowest BCUT2D eigenvalue weighted by Gasteiger charge is -2.32. The number of hydrogen-bond donors (Lipinski definition) is 0.